The molecule has 1 atom stereocenters. The maximum Gasteiger partial charge on any atom is 0.164 e. The lowest BCUT2D eigenvalue weighted by Crippen LogP contribution is -2.30. The van der Waals surface area contributed by atoms with Gasteiger partial charge in [-0.3, -0.25) is 0 Å². The second-order valence-electron chi connectivity index (χ2n) is 3.40. The largest absolute Gasteiger partial charge is 0.508 e. The number of phenolic OH excluding ortho intramolecular Hbond substituents is 2. The lowest BCUT2D eigenvalue weighted by Gasteiger charge is -2.14. The van der Waals surface area contributed by atoms with E-state index in [-0.39, 0.29) is 30.2 Å². The molecule has 6 nitrogen and oxygen atoms in total. The maximum absolute atomic E-state index is 9.64. The molecule has 16 heavy (non-hydrogen) atoms. The standard InChI is InChI=1S/C10H15NO5/c12-6-1-2-8(13)7(3-6)9(14)4-11-5-10(15)16/h1-3,9-16H,4-5H2. The van der Waals surface area contributed by atoms with E-state index in [9.17, 15) is 15.3 Å². The van der Waals surface area contributed by atoms with Gasteiger partial charge in [0.1, 0.15) is 11.5 Å². The van der Waals surface area contributed by atoms with Crippen LogP contribution in [0.25, 0.3) is 0 Å². The van der Waals surface area contributed by atoms with Gasteiger partial charge in [0.05, 0.1) is 6.10 Å². The summed E-state index contributed by atoms with van der Waals surface area (Å²) >= 11 is 0. The number of hydrogen-bond donors (Lipinski definition) is 6. The Kier molecular flexibility index (Phi) is 4.51. The summed E-state index contributed by atoms with van der Waals surface area (Å²) in [4.78, 5) is 0. The number of nitrogens with one attached hydrogen (secondary N) is 1. The van der Waals surface area contributed by atoms with Crippen molar-refractivity contribution in [3.63, 3.8) is 0 Å². The highest BCUT2D eigenvalue weighted by molar-refractivity contribution is 5.40. The molecule has 0 radical (unpaired) electrons. The fourth-order valence-electron chi connectivity index (χ4n) is 1.27. The predicted molar refractivity (Wildman–Crippen MR) is 55.8 cm³/mol. The van der Waals surface area contributed by atoms with Gasteiger partial charge in [0.15, 0.2) is 6.29 Å². The Morgan fingerprint density at radius 2 is 1.75 bits per heavy atom. The molecule has 0 aliphatic rings. The van der Waals surface area contributed by atoms with Crippen LogP contribution in [0.5, 0.6) is 11.5 Å². The molecule has 1 rings (SSSR count). The van der Waals surface area contributed by atoms with Crippen molar-refractivity contribution in [3.8, 4) is 11.5 Å². The third-order valence-electron chi connectivity index (χ3n) is 2.03. The fourth-order valence-corrected chi connectivity index (χ4v) is 1.27. The van der Waals surface area contributed by atoms with E-state index in [4.69, 9.17) is 10.2 Å². The van der Waals surface area contributed by atoms with Gasteiger partial charge >= 0.3 is 0 Å². The summed E-state index contributed by atoms with van der Waals surface area (Å²) in [7, 11) is 0. The van der Waals surface area contributed by atoms with Crippen molar-refractivity contribution in [2.24, 2.45) is 0 Å². The third-order valence-corrected chi connectivity index (χ3v) is 2.03. The average Bonchev–Trinajstić information content (AvgIpc) is 2.21. The lowest BCUT2D eigenvalue weighted by molar-refractivity contribution is -0.0385. The van der Waals surface area contributed by atoms with Crippen molar-refractivity contribution < 1.29 is 25.5 Å². The number of aromatic hydroxyl groups is 2. The molecule has 6 N–H and O–H groups in total. The second kappa shape index (κ2) is 5.66. The van der Waals surface area contributed by atoms with Gasteiger partial charge < -0.3 is 30.8 Å². The van der Waals surface area contributed by atoms with E-state index in [0.29, 0.717) is 0 Å². The van der Waals surface area contributed by atoms with Gasteiger partial charge in [-0.25, -0.2) is 0 Å². The minimum atomic E-state index is -1.50. The topological polar surface area (TPSA) is 113 Å². The fraction of sp³-hybridized carbons (Fsp3) is 0.400. The van der Waals surface area contributed by atoms with Crippen LogP contribution in [0.15, 0.2) is 18.2 Å². The van der Waals surface area contributed by atoms with E-state index < -0.39 is 12.4 Å². The lowest BCUT2D eigenvalue weighted by atomic mass is 10.1. The van der Waals surface area contributed by atoms with Crippen LogP contribution in [-0.2, 0) is 0 Å². The third kappa shape index (κ3) is 3.67. The molecule has 1 aromatic carbocycles. The first-order chi connectivity index (χ1) is 7.50. The normalized spacial score (nSPS) is 13.0. The average molecular weight is 229 g/mol. The van der Waals surface area contributed by atoms with E-state index in [2.05, 4.69) is 5.32 Å². The van der Waals surface area contributed by atoms with E-state index in [1.54, 1.807) is 0 Å². The Morgan fingerprint density at radius 3 is 2.38 bits per heavy atom. The molecule has 90 valence electrons. The van der Waals surface area contributed by atoms with Gasteiger partial charge in [0, 0.05) is 18.7 Å². The SMILES string of the molecule is Oc1ccc(O)c(C(O)CNCC(O)O)c1. The summed E-state index contributed by atoms with van der Waals surface area (Å²) in [5.41, 5.74) is 0.180. The number of hydrogen-bond acceptors (Lipinski definition) is 6. The molecule has 0 spiro atoms. The monoisotopic (exact) mass is 229 g/mol. The first-order valence-corrected chi connectivity index (χ1v) is 4.77. The molecular weight excluding hydrogens is 214 g/mol. The van der Waals surface area contributed by atoms with Crippen LogP contribution >= 0.6 is 0 Å². The van der Waals surface area contributed by atoms with Crippen molar-refractivity contribution in [2.45, 2.75) is 12.4 Å². The van der Waals surface area contributed by atoms with Gasteiger partial charge in [0.25, 0.3) is 0 Å². The van der Waals surface area contributed by atoms with Crippen molar-refractivity contribution in [2.75, 3.05) is 13.1 Å². The minimum absolute atomic E-state index is 0.0363. The Morgan fingerprint density at radius 1 is 1.06 bits per heavy atom. The summed E-state index contributed by atoms with van der Waals surface area (Å²) in [6, 6.07) is 3.82. The van der Waals surface area contributed by atoms with Crippen molar-refractivity contribution in [1.29, 1.82) is 0 Å². The smallest absolute Gasteiger partial charge is 0.164 e. The summed E-state index contributed by atoms with van der Waals surface area (Å²) < 4.78 is 0. The highest BCUT2D eigenvalue weighted by Gasteiger charge is 2.13. The van der Waals surface area contributed by atoms with Crippen LogP contribution < -0.4 is 5.32 Å². The molecule has 0 saturated carbocycles. The zero-order valence-corrected chi connectivity index (χ0v) is 8.54. The first-order valence-electron chi connectivity index (χ1n) is 4.77. The number of benzene rings is 1. The van der Waals surface area contributed by atoms with Gasteiger partial charge in [-0.2, -0.15) is 0 Å². The number of phenols is 2. The van der Waals surface area contributed by atoms with Crippen LogP contribution in [-0.4, -0.2) is 44.9 Å². The van der Waals surface area contributed by atoms with Crippen molar-refractivity contribution >= 4 is 0 Å². The van der Waals surface area contributed by atoms with E-state index in [1.807, 2.05) is 0 Å². The number of rotatable bonds is 5. The van der Waals surface area contributed by atoms with Gasteiger partial charge in [-0.1, -0.05) is 0 Å². The predicted octanol–water partition coefficient (Wildman–Crippen LogP) is -0.969. The van der Waals surface area contributed by atoms with Crippen LogP contribution in [0, 0.1) is 0 Å². The second-order valence-corrected chi connectivity index (χ2v) is 3.40. The maximum atomic E-state index is 9.64. The van der Waals surface area contributed by atoms with Crippen LogP contribution in [0.1, 0.15) is 11.7 Å². The minimum Gasteiger partial charge on any atom is -0.508 e. The van der Waals surface area contributed by atoms with Crippen LogP contribution in [0.2, 0.25) is 0 Å². The molecule has 0 aromatic heterocycles. The van der Waals surface area contributed by atoms with Gasteiger partial charge in [-0.05, 0) is 18.2 Å². The highest BCUT2D eigenvalue weighted by atomic mass is 16.5. The molecule has 0 bridgehead atoms. The zero-order valence-electron chi connectivity index (χ0n) is 8.54. The van der Waals surface area contributed by atoms with E-state index in [0.717, 1.165) is 0 Å². The molecule has 1 aromatic rings. The summed E-state index contributed by atoms with van der Waals surface area (Å²) in [6.07, 6.45) is -2.53. The quantitative estimate of drug-likeness (QED) is 0.286. The Labute approximate surface area is 92.4 Å². The summed E-state index contributed by atoms with van der Waals surface area (Å²) in [5, 5.41) is 47.9. The van der Waals surface area contributed by atoms with Crippen molar-refractivity contribution in [1.82, 2.24) is 5.32 Å². The molecule has 0 amide bonds. The van der Waals surface area contributed by atoms with Gasteiger partial charge in [0.2, 0.25) is 0 Å². The van der Waals surface area contributed by atoms with E-state index >= 15 is 0 Å². The Hall–Kier alpha value is -1.34. The van der Waals surface area contributed by atoms with Gasteiger partial charge in [-0.15, -0.1) is 0 Å². The highest BCUT2D eigenvalue weighted by Crippen LogP contribution is 2.27. The molecular formula is C10H15NO5. The molecule has 0 fully saturated rings. The Balaban J connectivity index is 2.58. The summed E-state index contributed by atoms with van der Waals surface area (Å²) in [5.74, 6) is -0.189. The number of aliphatic hydroxyl groups is 3. The Bertz CT molecular complexity index is 342. The zero-order chi connectivity index (χ0) is 12.1. The molecule has 0 aliphatic carbocycles. The molecule has 0 heterocycles. The van der Waals surface area contributed by atoms with Crippen LogP contribution in [0.4, 0.5) is 0 Å². The molecule has 6 heteroatoms. The van der Waals surface area contributed by atoms with Crippen LogP contribution in [0.3, 0.4) is 0 Å². The molecule has 0 aliphatic heterocycles. The first kappa shape index (κ1) is 12.7. The molecule has 0 saturated heterocycles. The molecule has 1 unspecified atom stereocenters. The van der Waals surface area contributed by atoms with Crippen molar-refractivity contribution in [3.05, 3.63) is 23.8 Å². The summed E-state index contributed by atoms with van der Waals surface area (Å²) in [6.45, 7) is -0.0503. The van der Waals surface area contributed by atoms with E-state index in [1.165, 1.54) is 18.2 Å². The number of aliphatic hydroxyl groups excluding tert-OH is 2.